The molecule has 0 unspecified atom stereocenters. The van der Waals surface area contributed by atoms with E-state index in [1.807, 2.05) is 36.5 Å². The molecular weight excluding hydrogens is 417 g/mol. The lowest BCUT2D eigenvalue weighted by Crippen LogP contribution is -2.34. The Morgan fingerprint density at radius 1 is 1.12 bits per heavy atom. The van der Waals surface area contributed by atoms with Gasteiger partial charge in [-0.15, -0.1) is 0 Å². The van der Waals surface area contributed by atoms with Gasteiger partial charge in [0.2, 0.25) is 0 Å². The van der Waals surface area contributed by atoms with E-state index in [0.29, 0.717) is 30.5 Å². The number of benzene rings is 1. The molecule has 0 saturated carbocycles. The Bertz CT molecular complexity index is 1060. The van der Waals surface area contributed by atoms with Crippen molar-refractivity contribution >= 4 is 11.5 Å². The largest absolute Gasteiger partial charge is 0.384 e. The van der Waals surface area contributed by atoms with Crippen LogP contribution in [0.3, 0.4) is 0 Å². The predicted molar refractivity (Wildman–Crippen MR) is 127 cm³/mol. The highest BCUT2D eigenvalue weighted by molar-refractivity contribution is 5.57. The third-order valence-corrected chi connectivity index (χ3v) is 5.75. The van der Waals surface area contributed by atoms with Crippen LogP contribution in [0.4, 0.5) is 15.9 Å². The van der Waals surface area contributed by atoms with Gasteiger partial charge in [-0.3, -0.25) is 9.88 Å². The Kier molecular flexibility index (Phi) is 7.71. The number of hydrogen-bond donors (Lipinski definition) is 3. The molecule has 1 aliphatic heterocycles. The zero-order chi connectivity index (χ0) is 22.9. The topological polar surface area (TPSA) is 89.3 Å². The Morgan fingerprint density at radius 2 is 2.00 bits per heavy atom. The van der Waals surface area contributed by atoms with Gasteiger partial charge < -0.3 is 10.6 Å². The van der Waals surface area contributed by atoms with E-state index in [9.17, 15) is 4.39 Å². The van der Waals surface area contributed by atoms with Crippen molar-refractivity contribution in [3.05, 3.63) is 96.0 Å². The van der Waals surface area contributed by atoms with Gasteiger partial charge in [0.05, 0.1) is 24.1 Å². The van der Waals surface area contributed by atoms with Crippen molar-refractivity contribution in [2.75, 3.05) is 25.0 Å². The van der Waals surface area contributed by atoms with Crippen LogP contribution in [0.15, 0.2) is 84.0 Å². The third-order valence-electron chi connectivity index (χ3n) is 5.75. The van der Waals surface area contributed by atoms with Crippen LogP contribution in [0.2, 0.25) is 0 Å². The summed E-state index contributed by atoms with van der Waals surface area (Å²) in [6.45, 7) is 3.17. The molecule has 0 bridgehead atoms. The highest BCUT2D eigenvalue weighted by Gasteiger charge is 2.21. The maximum atomic E-state index is 13.1. The number of anilines is 2. The number of nitrogens with zero attached hydrogens (tertiary/aromatic N) is 4. The van der Waals surface area contributed by atoms with Gasteiger partial charge in [0.1, 0.15) is 11.6 Å². The number of aromatic nitrogens is 2. The molecule has 1 aromatic carbocycles. The van der Waals surface area contributed by atoms with Gasteiger partial charge in [0.15, 0.2) is 0 Å². The fourth-order valence-electron chi connectivity index (χ4n) is 4.01. The summed E-state index contributed by atoms with van der Waals surface area (Å²) in [5.41, 5.74) is 11.4. The van der Waals surface area contributed by atoms with Crippen molar-refractivity contribution in [3.8, 4) is 0 Å². The molecule has 7 nitrogen and oxygen atoms in total. The number of likely N-dealkylation sites (tertiary alicyclic amines) is 1. The van der Waals surface area contributed by atoms with Gasteiger partial charge in [-0.25, -0.2) is 14.9 Å². The van der Waals surface area contributed by atoms with Crippen LogP contribution in [-0.2, 0) is 6.54 Å². The molecule has 0 amide bonds. The number of halogens is 1. The lowest BCUT2D eigenvalue weighted by molar-refractivity contribution is 0.227. The molecule has 1 saturated heterocycles. The molecule has 0 radical (unpaired) electrons. The van der Waals surface area contributed by atoms with Crippen LogP contribution in [0.1, 0.15) is 30.0 Å². The number of piperidine rings is 1. The molecule has 0 atom stereocenters. The predicted octanol–water partition coefficient (Wildman–Crippen LogP) is 5.20. The zero-order valence-corrected chi connectivity index (χ0v) is 18.4. The molecule has 0 aliphatic carbocycles. The average Bonchev–Trinajstić information content (AvgIpc) is 2.86. The molecule has 4 rings (SSSR count). The quantitative estimate of drug-likeness (QED) is 0.394. The molecular formula is C25H28FN7. The summed E-state index contributed by atoms with van der Waals surface area (Å²) >= 11 is 0. The van der Waals surface area contributed by atoms with Crippen LogP contribution < -0.4 is 10.6 Å². The summed E-state index contributed by atoms with van der Waals surface area (Å²) in [5, 5.41) is 10.1. The van der Waals surface area contributed by atoms with Gasteiger partial charge >= 0.3 is 0 Å². The molecule has 3 N–H and O–H groups in total. The van der Waals surface area contributed by atoms with Crippen molar-refractivity contribution < 1.29 is 4.39 Å². The Hall–Kier alpha value is -3.65. The summed E-state index contributed by atoms with van der Waals surface area (Å²) in [6, 6.07) is 17.2. The van der Waals surface area contributed by atoms with Crippen molar-refractivity contribution in [3.63, 3.8) is 0 Å². The van der Waals surface area contributed by atoms with E-state index >= 15 is 0 Å². The average molecular weight is 446 g/mol. The molecule has 3 aromatic rings. The second kappa shape index (κ2) is 11.3. The summed E-state index contributed by atoms with van der Waals surface area (Å²) in [4.78, 5) is 10.7. The van der Waals surface area contributed by atoms with Crippen LogP contribution in [0.5, 0.6) is 0 Å². The van der Waals surface area contributed by atoms with Crippen LogP contribution in [0.25, 0.3) is 0 Å². The Labute approximate surface area is 193 Å². The Morgan fingerprint density at radius 3 is 2.73 bits per heavy atom. The van der Waals surface area contributed by atoms with Crippen LogP contribution >= 0.6 is 0 Å². The minimum Gasteiger partial charge on any atom is -0.384 e. The molecule has 33 heavy (non-hydrogen) atoms. The number of pyridine rings is 2. The van der Waals surface area contributed by atoms with Crippen molar-refractivity contribution in [1.29, 1.82) is 5.53 Å². The number of hydrogen-bond acceptors (Lipinski definition) is 7. The van der Waals surface area contributed by atoms with E-state index < -0.39 is 0 Å². The fourth-order valence-corrected chi connectivity index (χ4v) is 4.01. The first-order chi connectivity index (χ1) is 16.2. The fraction of sp³-hybridized carbons (Fsp3) is 0.280. The van der Waals surface area contributed by atoms with Crippen LogP contribution in [-0.4, -0.2) is 34.5 Å². The van der Waals surface area contributed by atoms with Crippen LogP contribution in [0, 0.1) is 11.3 Å². The first-order valence-corrected chi connectivity index (χ1v) is 11.1. The van der Waals surface area contributed by atoms with Gasteiger partial charge in [0, 0.05) is 24.6 Å². The first kappa shape index (κ1) is 22.5. The van der Waals surface area contributed by atoms with E-state index in [0.717, 1.165) is 37.3 Å². The number of rotatable bonds is 9. The molecule has 1 aliphatic rings. The van der Waals surface area contributed by atoms with E-state index in [4.69, 9.17) is 5.53 Å². The van der Waals surface area contributed by atoms with Crippen molar-refractivity contribution in [2.24, 2.45) is 5.11 Å². The van der Waals surface area contributed by atoms with Gasteiger partial charge in [-0.2, -0.15) is 5.11 Å². The second-order valence-electron chi connectivity index (χ2n) is 8.11. The van der Waals surface area contributed by atoms with E-state index in [-0.39, 0.29) is 5.82 Å². The van der Waals surface area contributed by atoms with E-state index in [1.54, 1.807) is 12.3 Å². The van der Waals surface area contributed by atoms with Crippen molar-refractivity contribution in [2.45, 2.75) is 25.3 Å². The lowest BCUT2D eigenvalue weighted by Gasteiger charge is -2.32. The maximum Gasteiger partial charge on any atom is 0.141 e. The molecule has 2 aromatic heterocycles. The molecule has 3 heterocycles. The molecule has 1 fully saturated rings. The van der Waals surface area contributed by atoms with E-state index in [2.05, 4.69) is 42.7 Å². The minimum atomic E-state index is -0.346. The van der Waals surface area contributed by atoms with Gasteiger partial charge in [-0.1, -0.05) is 18.2 Å². The highest BCUT2D eigenvalue weighted by atomic mass is 19.1. The zero-order valence-electron chi connectivity index (χ0n) is 18.4. The normalized spacial score (nSPS) is 15.2. The van der Waals surface area contributed by atoms with Gasteiger partial charge in [0.25, 0.3) is 0 Å². The summed E-state index contributed by atoms with van der Waals surface area (Å²) in [5.74, 6) is 0.756. The van der Waals surface area contributed by atoms with E-state index in [1.165, 1.54) is 17.8 Å². The maximum absolute atomic E-state index is 13.1. The first-order valence-electron chi connectivity index (χ1n) is 11.1. The third kappa shape index (κ3) is 6.66. The molecule has 170 valence electrons. The van der Waals surface area contributed by atoms with Crippen molar-refractivity contribution in [1.82, 2.24) is 20.2 Å². The standard InChI is InChI=1S/C25H28FN7/c26-21-7-8-25(30-15-21)31-22-6-3-4-20(14-22)19-9-12-33(13-10-19)18-24(32-27)17-28-16-23-5-1-2-11-29-23/h1-8,11,14-15,17,19,27-28H,9-10,12-13,16,18H2,(H,30,31)/b24-17-,32-27?. The summed E-state index contributed by atoms with van der Waals surface area (Å²) < 4.78 is 13.1. The molecule has 8 heteroatoms. The minimum absolute atomic E-state index is 0.346. The molecule has 0 spiro atoms. The highest BCUT2D eigenvalue weighted by Crippen LogP contribution is 2.30. The summed E-state index contributed by atoms with van der Waals surface area (Å²) in [7, 11) is 0. The summed E-state index contributed by atoms with van der Waals surface area (Å²) in [6.07, 6.45) is 6.89. The SMILES string of the molecule is N=N/C(=C\NCc1ccccn1)CN1CCC(c2cccc(Nc3ccc(F)cn3)c2)CC1. The Balaban J connectivity index is 1.28. The van der Waals surface area contributed by atoms with Gasteiger partial charge in [-0.05, 0) is 73.8 Å². The number of nitrogens with one attached hydrogen (secondary N) is 3. The smallest absolute Gasteiger partial charge is 0.141 e. The lowest BCUT2D eigenvalue weighted by atomic mass is 9.89. The second-order valence-corrected chi connectivity index (χ2v) is 8.11. The monoisotopic (exact) mass is 445 g/mol.